The Morgan fingerprint density at radius 3 is 1.03 bits per heavy atom. The molecule has 0 spiro atoms. The second-order valence-electron chi connectivity index (χ2n) is 5.34. The molecule has 0 aromatic rings. The van der Waals surface area contributed by atoms with Crippen molar-refractivity contribution >= 4 is 10.4 Å². The molecular formula is C9H3F17O4S. The maximum atomic E-state index is 13.2. The van der Waals surface area contributed by atoms with Gasteiger partial charge in [-0.15, -0.1) is 0 Å². The first-order chi connectivity index (χ1) is 13.0. The van der Waals surface area contributed by atoms with Crippen LogP contribution in [0.25, 0.3) is 0 Å². The van der Waals surface area contributed by atoms with Gasteiger partial charge in [0.15, 0.2) is 0 Å². The summed E-state index contributed by atoms with van der Waals surface area (Å²) in [5.74, 6) is -58.2. The van der Waals surface area contributed by atoms with Crippen molar-refractivity contribution < 1.29 is 91.8 Å². The van der Waals surface area contributed by atoms with Crippen molar-refractivity contribution in [3.8, 4) is 0 Å². The van der Waals surface area contributed by atoms with Gasteiger partial charge in [0.2, 0.25) is 0 Å². The lowest BCUT2D eigenvalue weighted by Crippen LogP contribution is -2.74. The number of hydrogen-bond acceptors (Lipinski definition) is 3. The van der Waals surface area contributed by atoms with Crippen LogP contribution in [0.3, 0.4) is 0 Å². The minimum Gasteiger partial charge on any atom is -0.264 e. The molecule has 0 rings (SSSR count). The predicted molar refractivity (Wildman–Crippen MR) is 58.2 cm³/mol. The van der Waals surface area contributed by atoms with Crippen LogP contribution in [0.1, 0.15) is 0 Å². The summed E-state index contributed by atoms with van der Waals surface area (Å²) in [4.78, 5) is 0. The molecular weight excluding hydrogens is 527 g/mol. The van der Waals surface area contributed by atoms with Gasteiger partial charge in [0.1, 0.15) is 6.61 Å². The SMILES string of the molecule is O=S(=O)(O)OCC(F)(F)C(F)(F)C(F)(F)C(F)(F)C(F)(F)C(F)(F)C(F)(F)C(F)(F)F. The van der Waals surface area contributed by atoms with E-state index in [9.17, 15) is 83.1 Å². The zero-order valence-electron chi connectivity index (χ0n) is 13.2. The first-order valence-corrected chi connectivity index (χ1v) is 7.65. The third-order valence-electron chi connectivity index (χ3n) is 3.18. The van der Waals surface area contributed by atoms with E-state index in [1.165, 1.54) is 0 Å². The van der Waals surface area contributed by atoms with Gasteiger partial charge >= 0.3 is 58.0 Å². The maximum absolute atomic E-state index is 13.2. The van der Waals surface area contributed by atoms with E-state index < -0.39 is 64.6 Å². The summed E-state index contributed by atoms with van der Waals surface area (Å²) < 4.78 is 248. The highest BCUT2D eigenvalue weighted by Gasteiger charge is 2.95. The minimum atomic E-state index is -8.79. The highest BCUT2D eigenvalue weighted by atomic mass is 32.3. The lowest BCUT2D eigenvalue weighted by molar-refractivity contribution is -0.462. The van der Waals surface area contributed by atoms with E-state index in [1.54, 1.807) is 0 Å². The fourth-order valence-corrected chi connectivity index (χ4v) is 1.73. The lowest BCUT2D eigenvalue weighted by Gasteiger charge is -2.42. The normalized spacial score (nSPS) is 16.6. The molecule has 0 aromatic heterocycles. The molecule has 0 unspecified atom stereocenters. The zero-order valence-corrected chi connectivity index (χ0v) is 14.0. The first-order valence-electron chi connectivity index (χ1n) is 6.29. The van der Waals surface area contributed by atoms with Crippen LogP contribution in [0.4, 0.5) is 74.6 Å². The largest absolute Gasteiger partial charge is 0.460 e. The van der Waals surface area contributed by atoms with Crippen LogP contribution in [0.5, 0.6) is 0 Å². The van der Waals surface area contributed by atoms with Gasteiger partial charge in [0.25, 0.3) is 0 Å². The van der Waals surface area contributed by atoms with Crippen LogP contribution < -0.4 is 0 Å². The fourth-order valence-electron chi connectivity index (χ4n) is 1.44. The summed E-state index contributed by atoms with van der Waals surface area (Å²) in [5.41, 5.74) is 0. The van der Waals surface area contributed by atoms with Crippen LogP contribution in [-0.2, 0) is 14.6 Å². The molecule has 188 valence electrons. The van der Waals surface area contributed by atoms with Crippen LogP contribution >= 0.6 is 0 Å². The molecule has 1 N–H and O–H groups in total. The van der Waals surface area contributed by atoms with Gasteiger partial charge in [-0.1, -0.05) is 0 Å². The quantitative estimate of drug-likeness (QED) is 0.344. The highest BCUT2D eigenvalue weighted by molar-refractivity contribution is 7.80. The summed E-state index contributed by atoms with van der Waals surface area (Å²) >= 11 is 0. The number of hydrogen-bond donors (Lipinski definition) is 1. The van der Waals surface area contributed by atoms with Gasteiger partial charge in [0.05, 0.1) is 0 Å². The molecule has 22 heteroatoms. The predicted octanol–water partition coefficient (Wildman–Crippen LogP) is 4.82. The zero-order chi connectivity index (χ0) is 25.9. The lowest BCUT2D eigenvalue weighted by atomic mass is 9.89. The Morgan fingerprint density at radius 1 is 0.516 bits per heavy atom. The molecule has 0 bridgehead atoms. The smallest absolute Gasteiger partial charge is 0.264 e. The van der Waals surface area contributed by atoms with E-state index in [0.717, 1.165) is 0 Å². The van der Waals surface area contributed by atoms with E-state index >= 15 is 0 Å². The van der Waals surface area contributed by atoms with Crippen LogP contribution in [0, 0.1) is 0 Å². The van der Waals surface area contributed by atoms with Gasteiger partial charge in [0, 0.05) is 0 Å². The molecule has 4 nitrogen and oxygen atoms in total. The molecule has 0 saturated heterocycles. The molecule has 0 aliphatic carbocycles. The van der Waals surface area contributed by atoms with E-state index in [-0.39, 0.29) is 0 Å². The van der Waals surface area contributed by atoms with Gasteiger partial charge in [-0.2, -0.15) is 83.1 Å². The Labute approximate surface area is 157 Å². The second kappa shape index (κ2) is 7.35. The number of alkyl halides is 17. The Morgan fingerprint density at radius 2 is 0.774 bits per heavy atom. The van der Waals surface area contributed by atoms with Crippen molar-refractivity contribution in [1.82, 2.24) is 0 Å². The number of halogens is 17. The van der Waals surface area contributed by atoms with Crippen LogP contribution in [0.2, 0.25) is 0 Å². The average Bonchev–Trinajstić information content (AvgIpc) is 2.50. The number of rotatable bonds is 9. The van der Waals surface area contributed by atoms with Gasteiger partial charge in [-0.25, -0.2) is 4.18 Å². The van der Waals surface area contributed by atoms with Crippen molar-refractivity contribution in [2.45, 2.75) is 47.6 Å². The van der Waals surface area contributed by atoms with Crippen molar-refractivity contribution in [2.75, 3.05) is 6.61 Å². The first kappa shape index (κ1) is 29.7. The Balaban J connectivity index is 6.62. The minimum absolute atomic E-state index is 2.46. The van der Waals surface area contributed by atoms with E-state index in [1.807, 2.05) is 0 Å². The van der Waals surface area contributed by atoms with Crippen LogP contribution in [0.15, 0.2) is 0 Å². The molecule has 0 heterocycles. The fraction of sp³-hybridized carbons (Fsp3) is 1.00. The maximum Gasteiger partial charge on any atom is 0.460 e. The third-order valence-corrected chi connectivity index (χ3v) is 3.59. The standard InChI is InChI=1S/C9H3F17O4S/c10-2(11,1-30-31(27,28)29)3(12,13)4(14,15)5(16,17)6(18,19)7(20,21)8(22,23)9(24,25)26/h1H2,(H,27,28,29). The molecule has 0 atom stereocenters. The van der Waals surface area contributed by atoms with Gasteiger partial charge in [-0.3, -0.25) is 4.55 Å². The van der Waals surface area contributed by atoms with Gasteiger partial charge < -0.3 is 0 Å². The summed E-state index contributed by atoms with van der Waals surface area (Å²) in [5, 5.41) is 0. The molecule has 0 aromatic carbocycles. The Bertz CT molecular complexity index is 767. The van der Waals surface area contributed by atoms with Crippen molar-refractivity contribution in [3.63, 3.8) is 0 Å². The van der Waals surface area contributed by atoms with E-state index in [4.69, 9.17) is 4.55 Å². The summed E-state index contributed by atoms with van der Waals surface area (Å²) in [6.45, 7) is -3.73. The van der Waals surface area contributed by atoms with Crippen LogP contribution in [-0.4, -0.2) is 67.2 Å². The highest BCUT2D eigenvalue weighted by Crippen LogP contribution is 2.63. The van der Waals surface area contributed by atoms with Crippen molar-refractivity contribution in [1.29, 1.82) is 0 Å². The molecule has 0 aliphatic heterocycles. The van der Waals surface area contributed by atoms with Gasteiger partial charge in [-0.05, 0) is 0 Å². The second-order valence-corrected chi connectivity index (χ2v) is 6.43. The molecule has 0 fully saturated rings. The molecule has 0 amide bonds. The molecule has 31 heavy (non-hydrogen) atoms. The topological polar surface area (TPSA) is 63.6 Å². The van der Waals surface area contributed by atoms with E-state index in [2.05, 4.69) is 4.18 Å². The summed E-state index contributed by atoms with van der Waals surface area (Å²) in [6.07, 6.45) is -7.86. The molecule has 0 aliphatic rings. The summed E-state index contributed by atoms with van der Waals surface area (Å²) in [7, 11) is -6.22. The monoisotopic (exact) mass is 530 g/mol. The van der Waals surface area contributed by atoms with E-state index in [0.29, 0.717) is 0 Å². The average molecular weight is 530 g/mol. The third kappa shape index (κ3) is 4.33. The van der Waals surface area contributed by atoms with Crippen molar-refractivity contribution in [3.05, 3.63) is 0 Å². The Kier molecular flexibility index (Phi) is 7.04. The van der Waals surface area contributed by atoms with Crippen molar-refractivity contribution in [2.24, 2.45) is 0 Å². The summed E-state index contributed by atoms with van der Waals surface area (Å²) in [6, 6.07) is 0. The molecule has 0 saturated carbocycles. The molecule has 0 radical (unpaired) electrons. The Hall–Kier alpha value is -1.32.